The second kappa shape index (κ2) is 5.35. The number of aromatic nitrogens is 2. The van der Waals surface area contributed by atoms with Gasteiger partial charge in [0.25, 0.3) is 5.91 Å². The summed E-state index contributed by atoms with van der Waals surface area (Å²) in [5.74, 6) is 1.51. The maximum Gasteiger partial charge on any atom is 0.325 e. The fourth-order valence-corrected chi connectivity index (χ4v) is 5.58. The van der Waals surface area contributed by atoms with Crippen molar-refractivity contribution in [3.05, 3.63) is 18.0 Å². The van der Waals surface area contributed by atoms with Crippen LogP contribution < -0.4 is 5.32 Å². The van der Waals surface area contributed by atoms with Crippen LogP contribution in [0.3, 0.4) is 0 Å². The fraction of sp³-hybridized carbons (Fsp3) is 0.706. The molecule has 1 amide bonds. The molecule has 1 heterocycles. The quantitative estimate of drug-likeness (QED) is 0.869. The lowest BCUT2D eigenvalue weighted by Crippen LogP contribution is -2.51. The molecule has 23 heavy (non-hydrogen) atoms. The molecule has 6 nitrogen and oxygen atoms in total. The number of aliphatic carboxylic acids is 1. The van der Waals surface area contributed by atoms with Crippen LogP contribution in [0, 0.1) is 23.2 Å². The van der Waals surface area contributed by atoms with Crippen molar-refractivity contribution >= 4 is 11.9 Å². The summed E-state index contributed by atoms with van der Waals surface area (Å²) in [6, 6.07) is 0. The molecule has 4 aliphatic carbocycles. The van der Waals surface area contributed by atoms with Gasteiger partial charge >= 0.3 is 5.97 Å². The average Bonchev–Trinajstić information content (AvgIpc) is 2.91. The number of hydrogen-bond donors (Lipinski definition) is 2. The zero-order chi connectivity index (χ0) is 16.0. The molecule has 0 atom stereocenters. The Bertz CT molecular complexity index is 601. The zero-order valence-electron chi connectivity index (χ0n) is 13.2. The van der Waals surface area contributed by atoms with Gasteiger partial charge in [-0.05, 0) is 61.7 Å². The molecule has 0 aliphatic heterocycles. The van der Waals surface area contributed by atoms with Gasteiger partial charge in [0.2, 0.25) is 0 Å². The molecule has 4 bridgehead atoms. The molecule has 1 aromatic heterocycles. The third-order valence-electron chi connectivity index (χ3n) is 5.98. The van der Waals surface area contributed by atoms with Crippen LogP contribution in [0.4, 0.5) is 0 Å². The van der Waals surface area contributed by atoms with Crippen molar-refractivity contribution in [3.63, 3.8) is 0 Å². The number of carbonyl (C=O) groups excluding carboxylic acids is 1. The maximum atomic E-state index is 12.3. The number of carboxylic acid groups (broad SMARTS) is 1. The summed E-state index contributed by atoms with van der Waals surface area (Å²) in [5, 5.41) is 15.8. The predicted molar refractivity (Wildman–Crippen MR) is 82.8 cm³/mol. The van der Waals surface area contributed by atoms with Gasteiger partial charge in [-0.1, -0.05) is 0 Å². The minimum absolute atomic E-state index is 0.141. The zero-order valence-corrected chi connectivity index (χ0v) is 13.2. The number of carboxylic acids is 1. The topological polar surface area (TPSA) is 84.2 Å². The summed E-state index contributed by atoms with van der Waals surface area (Å²) in [6.07, 6.45) is 10.9. The molecule has 124 valence electrons. The lowest BCUT2D eigenvalue weighted by atomic mass is 9.49. The van der Waals surface area contributed by atoms with Gasteiger partial charge in [0.05, 0.1) is 11.8 Å². The maximum absolute atomic E-state index is 12.3. The first kappa shape index (κ1) is 14.7. The van der Waals surface area contributed by atoms with Gasteiger partial charge in [-0.3, -0.25) is 14.3 Å². The van der Waals surface area contributed by atoms with E-state index in [1.807, 2.05) is 0 Å². The van der Waals surface area contributed by atoms with Crippen molar-refractivity contribution in [2.24, 2.45) is 23.2 Å². The minimum atomic E-state index is -0.964. The Morgan fingerprint density at radius 3 is 2.39 bits per heavy atom. The summed E-state index contributed by atoms with van der Waals surface area (Å²) in [4.78, 5) is 23.0. The highest BCUT2D eigenvalue weighted by Gasteiger charge is 2.50. The summed E-state index contributed by atoms with van der Waals surface area (Å²) in [6.45, 7) is 0.529. The van der Waals surface area contributed by atoms with E-state index in [9.17, 15) is 9.59 Å². The Balaban J connectivity index is 1.38. The molecule has 4 saturated carbocycles. The van der Waals surface area contributed by atoms with Crippen LogP contribution in [0.5, 0.6) is 0 Å². The summed E-state index contributed by atoms with van der Waals surface area (Å²) in [5.41, 5.74) is 0.748. The van der Waals surface area contributed by atoms with E-state index >= 15 is 0 Å². The first-order chi connectivity index (χ1) is 11.0. The largest absolute Gasteiger partial charge is 0.480 e. The highest BCUT2D eigenvalue weighted by Crippen LogP contribution is 2.59. The molecule has 5 rings (SSSR count). The van der Waals surface area contributed by atoms with E-state index < -0.39 is 5.97 Å². The number of hydrogen-bond acceptors (Lipinski definition) is 3. The van der Waals surface area contributed by atoms with Crippen LogP contribution in [-0.4, -0.2) is 33.3 Å². The number of nitrogens with zero attached hydrogens (tertiary/aromatic N) is 2. The molecular weight excluding hydrogens is 294 g/mol. The van der Waals surface area contributed by atoms with Crippen molar-refractivity contribution in [2.75, 3.05) is 6.54 Å². The van der Waals surface area contributed by atoms with Crippen molar-refractivity contribution in [3.8, 4) is 0 Å². The summed E-state index contributed by atoms with van der Waals surface area (Å²) < 4.78 is 1.28. The van der Waals surface area contributed by atoms with E-state index in [4.69, 9.17) is 5.11 Å². The minimum Gasteiger partial charge on any atom is -0.480 e. The Morgan fingerprint density at radius 1 is 1.22 bits per heavy atom. The molecule has 0 saturated heterocycles. The van der Waals surface area contributed by atoms with Crippen LogP contribution in [0.15, 0.2) is 12.4 Å². The lowest BCUT2D eigenvalue weighted by molar-refractivity contribution is -0.137. The van der Waals surface area contributed by atoms with Crippen molar-refractivity contribution in [1.29, 1.82) is 0 Å². The summed E-state index contributed by atoms with van der Waals surface area (Å²) >= 11 is 0. The van der Waals surface area contributed by atoms with E-state index in [-0.39, 0.29) is 12.5 Å². The van der Waals surface area contributed by atoms with E-state index in [1.54, 1.807) is 0 Å². The standard InChI is InChI=1S/C17H23N3O3/c21-15(22)9-20-8-14(7-19-20)16(23)18-10-17-4-11-1-12(5-17)3-13(2-11)6-17/h7-8,11-13H,1-6,9-10H2,(H,18,23)(H,21,22). The number of rotatable bonds is 5. The van der Waals surface area contributed by atoms with Crippen LogP contribution in [0.1, 0.15) is 48.9 Å². The first-order valence-electron chi connectivity index (χ1n) is 8.54. The molecule has 0 aromatic carbocycles. The highest BCUT2D eigenvalue weighted by atomic mass is 16.4. The third-order valence-corrected chi connectivity index (χ3v) is 5.98. The Labute approximate surface area is 135 Å². The Kier molecular flexibility index (Phi) is 3.43. The van der Waals surface area contributed by atoms with Crippen molar-refractivity contribution in [2.45, 2.75) is 45.1 Å². The Hall–Kier alpha value is -1.85. The fourth-order valence-electron chi connectivity index (χ4n) is 5.58. The van der Waals surface area contributed by atoms with E-state index in [1.165, 1.54) is 55.6 Å². The van der Waals surface area contributed by atoms with Gasteiger partial charge in [-0.25, -0.2) is 0 Å². The molecule has 0 unspecified atom stereocenters. The van der Waals surface area contributed by atoms with Crippen LogP contribution >= 0.6 is 0 Å². The van der Waals surface area contributed by atoms with Gasteiger partial charge in [0.15, 0.2) is 0 Å². The van der Waals surface area contributed by atoms with Gasteiger partial charge in [0, 0.05) is 12.7 Å². The lowest BCUT2D eigenvalue weighted by Gasteiger charge is -2.56. The van der Waals surface area contributed by atoms with E-state index in [0.29, 0.717) is 11.0 Å². The third kappa shape index (κ3) is 2.86. The molecule has 1 aromatic rings. The van der Waals surface area contributed by atoms with Gasteiger partial charge in [-0.2, -0.15) is 5.10 Å². The van der Waals surface area contributed by atoms with E-state index in [0.717, 1.165) is 24.3 Å². The van der Waals surface area contributed by atoms with Gasteiger partial charge < -0.3 is 10.4 Å². The smallest absolute Gasteiger partial charge is 0.325 e. The van der Waals surface area contributed by atoms with Crippen molar-refractivity contribution < 1.29 is 14.7 Å². The second-order valence-corrected chi connectivity index (χ2v) is 7.92. The number of carbonyl (C=O) groups is 2. The SMILES string of the molecule is O=C(O)Cn1cc(C(=O)NCC23CC4CC(CC(C4)C2)C3)cn1. The van der Waals surface area contributed by atoms with Crippen LogP contribution in [-0.2, 0) is 11.3 Å². The number of amides is 1. The van der Waals surface area contributed by atoms with Crippen LogP contribution in [0.2, 0.25) is 0 Å². The first-order valence-corrected chi connectivity index (χ1v) is 8.54. The molecule has 0 radical (unpaired) electrons. The average molecular weight is 317 g/mol. The normalized spacial score (nSPS) is 34.5. The predicted octanol–water partition coefficient (Wildman–Crippen LogP) is 1.91. The molecule has 4 aliphatic rings. The monoisotopic (exact) mass is 317 g/mol. The van der Waals surface area contributed by atoms with Crippen molar-refractivity contribution in [1.82, 2.24) is 15.1 Å². The molecular formula is C17H23N3O3. The molecule has 4 fully saturated rings. The summed E-state index contributed by atoms with van der Waals surface area (Å²) in [7, 11) is 0. The highest BCUT2D eigenvalue weighted by molar-refractivity contribution is 5.93. The molecule has 0 spiro atoms. The van der Waals surface area contributed by atoms with Crippen LogP contribution in [0.25, 0.3) is 0 Å². The molecule has 2 N–H and O–H groups in total. The van der Waals surface area contributed by atoms with E-state index in [2.05, 4.69) is 10.4 Å². The second-order valence-electron chi connectivity index (χ2n) is 7.92. The Morgan fingerprint density at radius 2 is 1.83 bits per heavy atom. The van der Waals surface area contributed by atoms with Gasteiger partial charge in [-0.15, -0.1) is 0 Å². The number of nitrogens with one attached hydrogen (secondary N) is 1. The molecule has 6 heteroatoms. The van der Waals surface area contributed by atoms with Gasteiger partial charge in [0.1, 0.15) is 6.54 Å².